The number of hydrogen-bond acceptors (Lipinski definition) is 18. The van der Waals surface area contributed by atoms with E-state index in [9.17, 15) is 25.9 Å². The molecule has 6 N–H and O–H groups in total. The molecule has 4 aromatic rings. The van der Waals surface area contributed by atoms with Gasteiger partial charge in [-0.1, -0.05) is 22.7 Å². The van der Waals surface area contributed by atoms with Crippen LogP contribution in [0.4, 0.5) is 11.6 Å². The van der Waals surface area contributed by atoms with Gasteiger partial charge in [-0.25, -0.2) is 36.8 Å². The maximum Gasteiger partial charge on any atom is 0.394 e. The van der Waals surface area contributed by atoms with Crippen molar-refractivity contribution in [2.75, 3.05) is 24.7 Å². The Labute approximate surface area is 290 Å². The van der Waals surface area contributed by atoms with Crippen molar-refractivity contribution in [1.82, 2.24) is 19.9 Å². The van der Waals surface area contributed by atoms with Crippen LogP contribution in [0.2, 0.25) is 0 Å². The Morgan fingerprint density at radius 3 is 1.33 bits per heavy atom. The second-order valence-electron chi connectivity index (χ2n) is 9.78. The second kappa shape index (κ2) is 18.0. The minimum atomic E-state index is -4.67. The molecule has 0 saturated heterocycles. The van der Waals surface area contributed by atoms with E-state index in [2.05, 4.69) is 28.3 Å². The van der Waals surface area contributed by atoms with E-state index in [0.29, 0.717) is 49.2 Å². The lowest BCUT2D eigenvalue weighted by atomic mass is 10.2. The highest BCUT2D eigenvalue weighted by molar-refractivity contribution is 7.81. The molecule has 0 bridgehead atoms. The predicted molar refractivity (Wildman–Crippen MR) is 172 cm³/mol. The van der Waals surface area contributed by atoms with E-state index in [0.717, 1.165) is 32.3 Å². The SMILES string of the molecule is Cc1ncc(C[n+]2csc(CCOS(=O)(=O)[O-])c2C)c(N)n1.Cc1ncc(C[n+]2csc(CCOS(=O)(=O)[O-])c2C)c(N)n1.O=S(=O)(O)O. The Kier molecular flexibility index (Phi) is 15.4. The first kappa shape index (κ1) is 41.8. The van der Waals surface area contributed by atoms with Crippen LogP contribution in [0.15, 0.2) is 23.4 Å². The maximum absolute atomic E-state index is 10.4. The van der Waals surface area contributed by atoms with Gasteiger partial charge in [0.05, 0.1) is 34.1 Å². The Bertz CT molecular complexity index is 1910. The summed E-state index contributed by atoms with van der Waals surface area (Å²) in [5.41, 5.74) is 19.1. The van der Waals surface area contributed by atoms with Gasteiger partial charge in [0.25, 0.3) is 0 Å². The summed E-state index contributed by atoms with van der Waals surface area (Å²) in [5.74, 6) is 2.11. The molecule has 0 aliphatic heterocycles. The van der Waals surface area contributed by atoms with Crippen LogP contribution in [0.5, 0.6) is 0 Å². The fraction of sp³-hybridized carbons (Fsp3) is 0.417. The number of nitrogens with two attached hydrogens (primary N) is 2. The number of nitrogens with zero attached hydrogens (tertiary/aromatic N) is 6. The van der Waals surface area contributed by atoms with Crippen molar-refractivity contribution in [2.24, 2.45) is 0 Å². The minimum absolute atomic E-state index is 0.164. The van der Waals surface area contributed by atoms with E-state index in [-0.39, 0.29) is 13.2 Å². The summed E-state index contributed by atoms with van der Waals surface area (Å²) >= 11 is 2.92. The van der Waals surface area contributed by atoms with E-state index >= 15 is 0 Å². The Morgan fingerprint density at radius 1 is 0.714 bits per heavy atom. The van der Waals surface area contributed by atoms with Gasteiger partial charge >= 0.3 is 10.4 Å². The molecule has 272 valence electrons. The Balaban J connectivity index is 0.000000299. The van der Waals surface area contributed by atoms with Crippen molar-refractivity contribution in [3.63, 3.8) is 0 Å². The lowest BCUT2D eigenvalue weighted by Crippen LogP contribution is -2.35. The van der Waals surface area contributed by atoms with Gasteiger partial charge in [-0.05, 0) is 13.8 Å². The molecule has 20 nitrogen and oxygen atoms in total. The third kappa shape index (κ3) is 16.3. The van der Waals surface area contributed by atoms with E-state index in [1.54, 1.807) is 26.2 Å². The standard InChI is InChI=1S/2C12H16N4O4S2.H2O4S/c2*1-8-11(3-4-20-22(17,18)19)21-7-16(8)6-10-5-14-9(2)15-12(10)13;1-5(2,3)4/h2*5,7H,3-4,6H2,1-2H3,(H2-,13,14,15,17,18,19);(H2,1,2,3,4). The van der Waals surface area contributed by atoms with Gasteiger partial charge in [0.2, 0.25) is 31.8 Å². The molecule has 49 heavy (non-hydrogen) atoms. The topological polar surface area (TPSA) is 319 Å². The summed E-state index contributed by atoms with van der Waals surface area (Å²) < 4.78 is 106. The van der Waals surface area contributed by atoms with Gasteiger partial charge in [-0.3, -0.25) is 17.5 Å². The fourth-order valence-electron chi connectivity index (χ4n) is 3.80. The van der Waals surface area contributed by atoms with Gasteiger partial charge in [0, 0.05) is 39.1 Å². The molecule has 4 heterocycles. The molecule has 4 aromatic heterocycles. The average Bonchev–Trinajstić information content (AvgIpc) is 3.46. The van der Waals surface area contributed by atoms with Gasteiger partial charge in [-0.15, -0.1) is 0 Å². The van der Waals surface area contributed by atoms with Crippen LogP contribution in [0.3, 0.4) is 0 Å². The number of nitrogen functional groups attached to an aromatic ring is 2. The van der Waals surface area contributed by atoms with Crippen molar-refractivity contribution in [2.45, 2.75) is 53.6 Å². The number of rotatable bonds is 12. The molecule has 0 fully saturated rings. The van der Waals surface area contributed by atoms with Crippen LogP contribution in [-0.2, 0) is 65.5 Å². The van der Waals surface area contributed by atoms with Crippen LogP contribution in [0.25, 0.3) is 0 Å². The van der Waals surface area contributed by atoms with Crippen LogP contribution < -0.4 is 20.6 Å². The van der Waals surface area contributed by atoms with Gasteiger partial charge < -0.3 is 20.6 Å². The molecule has 0 spiro atoms. The summed E-state index contributed by atoms with van der Waals surface area (Å²) in [6, 6.07) is 0. The van der Waals surface area contributed by atoms with Crippen molar-refractivity contribution in [1.29, 1.82) is 0 Å². The predicted octanol–water partition coefficient (Wildman–Crippen LogP) is -0.468. The molecule has 0 unspecified atom stereocenters. The van der Waals surface area contributed by atoms with E-state index < -0.39 is 31.2 Å². The summed E-state index contributed by atoms with van der Waals surface area (Å²) in [7, 11) is -14.0. The van der Waals surface area contributed by atoms with Crippen LogP contribution in [-0.4, -0.2) is 76.6 Å². The van der Waals surface area contributed by atoms with Gasteiger partial charge in [0.15, 0.2) is 24.5 Å². The smallest absolute Gasteiger partial charge is 0.394 e. The molecule has 0 aliphatic rings. The largest absolute Gasteiger partial charge is 0.726 e. The number of aryl methyl sites for hydroxylation is 2. The normalized spacial score (nSPS) is 11.8. The Morgan fingerprint density at radius 2 is 1.04 bits per heavy atom. The van der Waals surface area contributed by atoms with Crippen molar-refractivity contribution >= 4 is 65.5 Å². The van der Waals surface area contributed by atoms with Gasteiger partial charge in [0.1, 0.15) is 23.3 Å². The second-order valence-corrected chi connectivity index (χ2v) is 14.7. The van der Waals surface area contributed by atoms with Gasteiger partial charge in [-0.2, -0.15) is 17.6 Å². The summed E-state index contributed by atoms with van der Waals surface area (Å²) in [5, 5.41) is 0. The minimum Gasteiger partial charge on any atom is -0.726 e. The number of anilines is 2. The molecule has 0 aliphatic carbocycles. The van der Waals surface area contributed by atoms with E-state index in [1.165, 1.54) is 22.7 Å². The number of thiazole rings is 2. The summed E-state index contributed by atoms with van der Waals surface area (Å²) in [4.78, 5) is 18.4. The maximum atomic E-state index is 10.4. The lowest BCUT2D eigenvalue weighted by molar-refractivity contribution is -0.689. The van der Waals surface area contributed by atoms with Crippen molar-refractivity contribution in [3.8, 4) is 0 Å². The third-order valence-electron chi connectivity index (χ3n) is 6.15. The molecule has 0 amide bonds. The Hall–Kier alpha value is -3.37. The van der Waals surface area contributed by atoms with Crippen molar-refractivity contribution < 1.29 is 61.0 Å². The molecular weight excluding hydrogens is 753 g/mol. The zero-order chi connectivity index (χ0) is 37.2. The summed E-state index contributed by atoms with van der Waals surface area (Å²) in [6.45, 7) is 8.07. The molecule has 0 atom stereocenters. The fourth-order valence-corrected chi connectivity index (χ4v) is 6.33. The lowest BCUT2D eigenvalue weighted by Gasteiger charge is -2.06. The van der Waals surface area contributed by atoms with E-state index in [4.69, 9.17) is 29.0 Å². The third-order valence-corrected chi connectivity index (χ3v) is 9.34. The first-order valence-corrected chi connectivity index (χ1v) is 19.3. The molecule has 0 aromatic carbocycles. The van der Waals surface area contributed by atoms with Crippen molar-refractivity contribution in [3.05, 3.63) is 67.3 Å². The molecule has 0 radical (unpaired) electrons. The molecular formula is C24H34N8O12S5. The first-order chi connectivity index (χ1) is 22.5. The van der Waals surface area contributed by atoms with Crippen LogP contribution >= 0.6 is 22.7 Å². The average molecular weight is 787 g/mol. The monoisotopic (exact) mass is 786 g/mol. The molecule has 0 saturated carbocycles. The number of hydrogen-bond donors (Lipinski definition) is 4. The quantitative estimate of drug-likeness (QED) is 0.0801. The first-order valence-electron chi connectivity index (χ1n) is 13.5. The zero-order valence-corrected chi connectivity index (χ0v) is 30.5. The highest BCUT2D eigenvalue weighted by Crippen LogP contribution is 2.16. The molecule has 25 heteroatoms. The number of aromatic nitrogens is 6. The zero-order valence-electron chi connectivity index (χ0n) is 26.4. The van der Waals surface area contributed by atoms with Crippen LogP contribution in [0.1, 0.15) is 43.9 Å². The van der Waals surface area contributed by atoms with E-state index in [1.807, 2.05) is 34.0 Å². The highest BCUT2D eigenvalue weighted by Gasteiger charge is 2.19. The summed E-state index contributed by atoms with van der Waals surface area (Å²) in [6.07, 6.45) is 4.08. The van der Waals surface area contributed by atoms with Crippen LogP contribution in [0, 0.1) is 27.7 Å². The highest BCUT2D eigenvalue weighted by atomic mass is 32.3. The molecule has 4 rings (SSSR count).